The molecule has 31 heavy (non-hydrogen) atoms. The van der Waals surface area contributed by atoms with Crippen molar-refractivity contribution in [1.82, 2.24) is 4.72 Å². The maximum absolute atomic E-state index is 13.0. The van der Waals surface area contributed by atoms with Crippen LogP contribution in [0.15, 0.2) is 47.4 Å². The van der Waals surface area contributed by atoms with Crippen molar-refractivity contribution >= 4 is 31.6 Å². The number of benzene rings is 2. The lowest BCUT2D eigenvalue weighted by Gasteiger charge is -2.18. The Kier molecular flexibility index (Phi) is 6.58. The van der Waals surface area contributed by atoms with Crippen LogP contribution < -0.4 is 18.5 Å². The fraction of sp³-hybridized carbons (Fsp3) is 0.350. The molecular formula is C20H24N2O7S2. The zero-order valence-corrected chi connectivity index (χ0v) is 19.0. The van der Waals surface area contributed by atoms with Crippen molar-refractivity contribution in [2.75, 3.05) is 30.8 Å². The largest absolute Gasteiger partial charge is 0.496 e. The highest BCUT2D eigenvalue weighted by Crippen LogP contribution is 2.33. The van der Waals surface area contributed by atoms with E-state index in [2.05, 4.69) is 4.72 Å². The van der Waals surface area contributed by atoms with Gasteiger partial charge in [0, 0.05) is 6.54 Å². The van der Waals surface area contributed by atoms with E-state index in [-0.39, 0.29) is 28.6 Å². The van der Waals surface area contributed by atoms with Crippen molar-refractivity contribution in [3.05, 3.63) is 48.0 Å². The van der Waals surface area contributed by atoms with Gasteiger partial charge in [0.2, 0.25) is 26.0 Å². The second-order valence-corrected chi connectivity index (χ2v) is 10.7. The number of methoxy groups -OCH3 is 2. The van der Waals surface area contributed by atoms with Crippen molar-refractivity contribution in [2.24, 2.45) is 5.92 Å². The number of sulfonamides is 2. The van der Waals surface area contributed by atoms with Gasteiger partial charge in [-0.1, -0.05) is 25.1 Å². The van der Waals surface area contributed by atoms with E-state index in [1.54, 1.807) is 6.07 Å². The summed E-state index contributed by atoms with van der Waals surface area (Å²) in [6.45, 7) is 1.59. The molecule has 1 saturated heterocycles. The molecule has 1 aliphatic rings. The molecular weight excluding hydrogens is 444 g/mol. The van der Waals surface area contributed by atoms with E-state index in [0.29, 0.717) is 16.5 Å². The summed E-state index contributed by atoms with van der Waals surface area (Å²) in [7, 11) is -5.08. The van der Waals surface area contributed by atoms with Gasteiger partial charge >= 0.3 is 0 Å². The minimum atomic E-state index is -4.06. The van der Waals surface area contributed by atoms with Gasteiger partial charge in [-0.05, 0) is 36.2 Å². The number of para-hydroxylation sites is 1. The Bertz CT molecular complexity index is 1190. The predicted octanol–water partition coefficient (Wildman–Crippen LogP) is 1.54. The lowest BCUT2D eigenvalue weighted by atomic mass is 10.1. The average Bonchev–Trinajstić information content (AvgIpc) is 2.94. The molecule has 1 heterocycles. The third-order valence-electron chi connectivity index (χ3n) is 4.91. The molecule has 0 spiro atoms. The zero-order valence-electron chi connectivity index (χ0n) is 17.4. The Labute approximate surface area is 182 Å². The molecule has 9 nitrogen and oxygen atoms in total. The molecule has 1 N–H and O–H groups in total. The van der Waals surface area contributed by atoms with E-state index in [9.17, 15) is 21.6 Å². The number of carbonyl (C=O) groups is 1. The summed E-state index contributed by atoms with van der Waals surface area (Å²) in [4.78, 5) is 12.1. The fourth-order valence-corrected chi connectivity index (χ4v) is 6.43. The second kappa shape index (κ2) is 8.85. The molecule has 1 fully saturated rings. The van der Waals surface area contributed by atoms with Crippen LogP contribution in [0.5, 0.6) is 11.5 Å². The van der Waals surface area contributed by atoms with E-state index in [1.165, 1.54) is 33.3 Å². The smallest absolute Gasteiger partial charge is 0.244 e. The first-order valence-electron chi connectivity index (χ1n) is 9.47. The third kappa shape index (κ3) is 4.68. The van der Waals surface area contributed by atoms with Crippen LogP contribution in [0.1, 0.15) is 12.5 Å². The Balaban J connectivity index is 1.88. The number of ether oxygens (including phenoxy) is 2. The lowest BCUT2D eigenvalue weighted by Crippen LogP contribution is -2.31. The number of carbonyl (C=O) groups excluding carboxylic acids is 1. The van der Waals surface area contributed by atoms with E-state index in [4.69, 9.17) is 9.47 Å². The third-order valence-corrected chi connectivity index (χ3v) is 8.26. The van der Waals surface area contributed by atoms with E-state index in [0.717, 1.165) is 11.6 Å². The molecule has 0 aliphatic carbocycles. The standard InChI is InChI=1S/C20H24N2O7S2/c1-14-13-30(24,25)22(20(14)23)16-8-9-18(29-3)19(12-16)31(26,27)21-11-10-15-6-4-5-7-17(15)28-2/h4-9,12,14,21H,10-11,13H2,1-3H3. The quantitative estimate of drug-likeness (QED) is 0.624. The Morgan fingerprint density at radius 3 is 2.39 bits per heavy atom. The highest BCUT2D eigenvalue weighted by Gasteiger charge is 2.42. The fourth-order valence-electron chi connectivity index (χ4n) is 3.40. The van der Waals surface area contributed by atoms with Gasteiger partial charge in [-0.15, -0.1) is 0 Å². The molecule has 1 aliphatic heterocycles. The first kappa shape index (κ1) is 23.0. The normalized spacial score (nSPS) is 18.2. The lowest BCUT2D eigenvalue weighted by molar-refractivity contribution is -0.119. The summed E-state index contributed by atoms with van der Waals surface area (Å²) >= 11 is 0. The number of nitrogens with zero attached hydrogens (tertiary/aromatic N) is 1. The monoisotopic (exact) mass is 468 g/mol. The van der Waals surface area contributed by atoms with Gasteiger partial charge in [-0.3, -0.25) is 4.79 Å². The second-order valence-electron chi connectivity index (χ2n) is 7.08. The van der Waals surface area contributed by atoms with Gasteiger partial charge in [-0.25, -0.2) is 25.9 Å². The van der Waals surface area contributed by atoms with Crippen molar-refractivity contribution < 1.29 is 31.1 Å². The first-order valence-corrected chi connectivity index (χ1v) is 12.6. The maximum Gasteiger partial charge on any atom is 0.244 e. The molecule has 3 rings (SSSR count). The molecule has 11 heteroatoms. The molecule has 0 saturated carbocycles. The van der Waals surface area contributed by atoms with Crippen LogP contribution in [-0.2, 0) is 31.3 Å². The topological polar surface area (TPSA) is 119 Å². The summed E-state index contributed by atoms with van der Waals surface area (Å²) < 4.78 is 64.3. The Morgan fingerprint density at radius 1 is 1.10 bits per heavy atom. The van der Waals surface area contributed by atoms with Crippen LogP contribution in [0, 0.1) is 5.92 Å². The van der Waals surface area contributed by atoms with Crippen molar-refractivity contribution in [3.63, 3.8) is 0 Å². The zero-order chi connectivity index (χ0) is 22.8. The van der Waals surface area contributed by atoms with Crippen LogP contribution in [-0.4, -0.2) is 49.3 Å². The predicted molar refractivity (Wildman–Crippen MR) is 115 cm³/mol. The minimum Gasteiger partial charge on any atom is -0.496 e. The maximum atomic E-state index is 13.0. The van der Waals surface area contributed by atoms with E-state index < -0.39 is 31.9 Å². The van der Waals surface area contributed by atoms with Crippen LogP contribution in [0.2, 0.25) is 0 Å². The molecule has 2 aromatic rings. The summed E-state index contributed by atoms with van der Waals surface area (Å²) in [5.74, 6) is -0.945. The number of hydrogen-bond donors (Lipinski definition) is 1. The first-order chi connectivity index (χ1) is 14.6. The number of rotatable bonds is 8. The molecule has 0 radical (unpaired) electrons. The number of hydrogen-bond acceptors (Lipinski definition) is 7. The SMILES string of the molecule is COc1ccccc1CCNS(=O)(=O)c1cc(N2C(=O)C(C)CS2(=O)=O)ccc1OC. The van der Waals surface area contributed by atoms with E-state index in [1.807, 2.05) is 18.2 Å². The molecule has 1 unspecified atom stereocenters. The molecule has 1 amide bonds. The summed E-state index contributed by atoms with van der Waals surface area (Å²) in [6, 6.07) is 11.1. The van der Waals surface area contributed by atoms with Gasteiger partial charge in [-0.2, -0.15) is 0 Å². The van der Waals surface area contributed by atoms with Gasteiger partial charge in [0.15, 0.2) is 0 Å². The Hall–Kier alpha value is -2.63. The number of nitrogens with one attached hydrogen (secondary N) is 1. The van der Waals surface area contributed by atoms with Gasteiger partial charge < -0.3 is 9.47 Å². The van der Waals surface area contributed by atoms with Crippen LogP contribution in [0.3, 0.4) is 0 Å². The summed E-state index contributed by atoms with van der Waals surface area (Å²) in [5.41, 5.74) is 0.788. The minimum absolute atomic E-state index is 0.0330. The van der Waals surface area contributed by atoms with Crippen molar-refractivity contribution in [2.45, 2.75) is 18.2 Å². The molecule has 2 aromatic carbocycles. The number of anilines is 1. The van der Waals surface area contributed by atoms with Gasteiger partial charge in [0.05, 0.1) is 31.6 Å². The molecule has 1 atom stereocenters. The highest BCUT2D eigenvalue weighted by molar-refractivity contribution is 7.94. The summed E-state index contributed by atoms with van der Waals surface area (Å²) in [5, 5.41) is 0. The van der Waals surface area contributed by atoms with Gasteiger partial charge in [0.25, 0.3) is 0 Å². The molecule has 0 bridgehead atoms. The van der Waals surface area contributed by atoms with Crippen LogP contribution >= 0.6 is 0 Å². The van der Waals surface area contributed by atoms with Crippen molar-refractivity contribution in [1.29, 1.82) is 0 Å². The highest BCUT2D eigenvalue weighted by atomic mass is 32.2. The van der Waals surface area contributed by atoms with Gasteiger partial charge in [0.1, 0.15) is 16.4 Å². The summed E-state index contributed by atoms with van der Waals surface area (Å²) in [6.07, 6.45) is 0.377. The van der Waals surface area contributed by atoms with Crippen LogP contribution in [0.4, 0.5) is 5.69 Å². The van der Waals surface area contributed by atoms with E-state index >= 15 is 0 Å². The Morgan fingerprint density at radius 2 is 1.77 bits per heavy atom. The number of amides is 1. The molecule has 0 aromatic heterocycles. The molecule has 168 valence electrons. The average molecular weight is 469 g/mol. The van der Waals surface area contributed by atoms with Crippen molar-refractivity contribution in [3.8, 4) is 11.5 Å². The van der Waals surface area contributed by atoms with Crippen LogP contribution in [0.25, 0.3) is 0 Å².